The van der Waals surface area contributed by atoms with Gasteiger partial charge in [-0.05, 0) is 23.4 Å². The topological polar surface area (TPSA) is 78.6 Å². The summed E-state index contributed by atoms with van der Waals surface area (Å²) in [5.41, 5.74) is 0.448. The summed E-state index contributed by atoms with van der Waals surface area (Å²) < 4.78 is 0. The van der Waals surface area contributed by atoms with Crippen molar-refractivity contribution in [2.75, 3.05) is 0 Å². The zero-order chi connectivity index (χ0) is 13.0. The van der Waals surface area contributed by atoms with Crippen molar-refractivity contribution in [2.45, 2.75) is 0 Å². The molecule has 2 aromatic carbocycles. The number of aliphatic imine (C=N–C) groups is 1. The fourth-order valence-electron chi connectivity index (χ4n) is 1.45. The van der Waals surface area contributed by atoms with Crippen molar-refractivity contribution in [3.63, 3.8) is 0 Å². The number of nitro groups is 1. The summed E-state index contributed by atoms with van der Waals surface area (Å²) in [5.74, 6) is -0.623. The molecule has 0 N–H and O–H groups in total. The van der Waals surface area contributed by atoms with Gasteiger partial charge in [-0.25, -0.2) is 0 Å². The Balaban J connectivity index is 2.33. The predicted molar refractivity (Wildman–Crippen MR) is 66.2 cm³/mol. The molecule has 0 aliphatic heterocycles. The van der Waals surface area contributed by atoms with E-state index in [1.54, 1.807) is 12.1 Å². The summed E-state index contributed by atoms with van der Waals surface area (Å²) in [7, 11) is 0. The van der Waals surface area contributed by atoms with Crippen LogP contribution in [0.3, 0.4) is 0 Å². The summed E-state index contributed by atoms with van der Waals surface area (Å²) in [6.07, 6.45) is 1.34. The average molecular weight is 241 g/mol. The molecule has 0 radical (unpaired) electrons. The molecule has 0 saturated carbocycles. The van der Waals surface area contributed by atoms with Gasteiger partial charge in [0.05, 0.1) is 10.6 Å². The standard InChI is InChI=1S/C13H10N2O3/c16-13-10(5-4-8-12(13)15(17)18)9-14-11-6-2-1-3-7-11/h1-9,16H/p-1. The van der Waals surface area contributed by atoms with Crippen molar-refractivity contribution < 1.29 is 10.0 Å². The Kier molecular flexibility index (Phi) is 3.33. The highest BCUT2D eigenvalue weighted by Crippen LogP contribution is 2.25. The molecule has 0 heterocycles. The monoisotopic (exact) mass is 241 g/mol. The van der Waals surface area contributed by atoms with Gasteiger partial charge in [0.1, 0.15) is 0 Å². The van der Waals surface area contributed by atoms with Crippen LogP contribution in [0.5, 0.6) is 5.75 Å². The first kappa shape index (κ1) is 11.8. The molecule has 0 saturated heterocycles. The zero-order valence-corrected chi connectivity index (χ0v) is 9.32. The summed E-state index contributed by atoms with van der Waals surface area (Å²) in [5, 5.41) is 22.3. The van der Waals surface area contributed by atoms with E-state index >= 15 is 0 Å². The fraction of sp³-hybridized carbons (Fsp3) is 0. The van der Waals surface area contributed by atoms with Crippen LogP contribution >= 0.6 is 0 Å². The molecule has 5 nitrogen and oxygen atoms in total. The maximum atomic E-state index is 11.7. The van der Waals surface area contributed by atoms with E-state index in [4.69, 9.17) is 0 Å². The average Bonchev–Trinajstić information content (AvgIpc) is 2.38. The summed E-state index contributed by atoms with van der Waals surface area (Å²) >= 11 is 0. The van der Waals surface area contributed by atoms with Gasteiger partial charge in [-0.3, -0.25) is 15.1 Å². The van der Waals surface area contributed by atoms with E-state index in [2.05, 4.69) is 4.99 Å². The first-order valence-electron chi connectivity index (χ1n) is 5.22. The summed E-state index contributed by atoms with van der Waals surface area (Å²) in [6.45, 7) is 0. The Morgan fingerprint density at radius 1 is 1.06 bits per heavy atom. The van der Waals surface area contributed by atoms with Crippen LogP contribution in [0.1, 0.15) is 5.56 Å². The van der Waals surface area contributed by atoms with Gasteiger partial charge in [0.2, 0.25) is 0 Å². The first-order chi connectivity index (χ1) is 8.68. The van der Waals surface area contributed by atoms with Crippen LogP contribution in [0.25, 0.3) is 0 Å². The second kappa shape index (κ2) is 5.09. The molecule has 5 heteroatoms. The maximum absolute atomic E-state index is 11.7. The molecule has 0 aliphatic rings. The third-order valence-corrected chi connectivity index (χ3v) is 2.33. The van der Waals surface area contributed by atoms with Crippen molar-refractivity contribution in [1.29, 1.82) is 0 Å². The number of benzene rings is 2. The molecular weight excluding hydrogens is 232 g/mol. The number of hydrogen-bond acceptors (Lipinski definition) is 4. The van der Waals surface area contributed by atoms with Crippen LogP contribution in [0.2, 0.25) is 0 Å². The molecule has 0 unspecified atom stereocenters. The van der Waals surface area contributed by atoms with Crippen LogP contribution in [-0.2, 0) is 0 Å². The van der Waals surface area contributed by atoms with Gasteiger partial charge in [0, 0.05) is 12.3 Å². The molecule has 0 fully saturated rings. The highest BCUT2D eigenvalue weighted by molar-refractivity contribution is 5.86. The number of nitrogens with zero attached hydrogens (tertiary/aromatic N) is 2. The zero-order valence-electron chi connectivity index (χ0n) is 9.32. The van der Waals surface area contributed by atoms with Gasteiger partial charge in [0.25, 0.3) is 5.69 Å². The van der Waals surface area contributed by atoms with E-state index in [9.17, 15) is 15.2 Å². The molecule has 18 heavy (non-hydrogen) atoms. The van der Waals surface area contributed by atoms with Crippen molar-refractivity contribution in [2.24, 2.45) is 4.99 Å². The van der Waals surface area contributed by atoms with Gasteiger partial charge in [0.15, 0.2) is 0 Å². The lowest BCUT2D eigenvalue weighted by Gasteiger charge is -2.09. The Morgan fingerprint density at radius 2 is 1.78 bits per heavy atom. The Hall–Kier alpha value is -2.69. The van der Waals surface area contributed by atoms with Gasteiger partial charge in [-0.2, -0.15) is 0 Å². The van der Waals surface area contributed by atoms with Crippen LogP contribution < -0.4 is 5.11 Å². The van der Waals surface area contributed by atoms with Crippen LogP contribution in [0.15, 0.2) is 53.5 Å². The minimum Gasteiger partial charge on any atom is -0.867 e. The van der Waals surface area contributed by atoms with Crippen LogP contribution in [-0.4, -0.2) is 11.1 Å². The van der Waals surface area contributed by atoms with Gasteiger partial charge in [-0.1, -0.05) is 30.3 Å². The molecule has 0 aromatic heterocycles. The van der Waals surface area contributed by atoms with Crippen LogP contribution in [0.4, 0.5) is 11.4 Å². The van der Waals surface area contributed by atoms with Crippen molar-refractivity contribution in [1.82, 2.24) is 0 Å². The van der Waals surface area contributed by atoms with E-state index in [1.807, 2.05) is 18.2 Å². The number of para-hydroxylation sites is 2. The number of nitro benzene ring substituents is 1. The van der Waals surface area contributed by atoms with Crippen molar-refractivity contribution >= 4 is 17.6 Å². The van der Waals surface area contributed by atoms with E-state index in [0.717, 1.165) is 0 Å². The Labute approximate surface area is 103 Å². The predicted octanol–water partition coefficient (Wildman–Crippen LogP) is 2.42. The van der Waals surface area contributed by atoms with E-state index < -0.39 is 16.4 Å². The Bertz CT molecular complexity index is 594. The van der Waals surface area contributed by atoms with Gasteiger partial charge < -0.3 is 5.11 Å². The van der Waals surface area contributed by atoms with E-state index in [0.29, 0.717) is 5.69 Å². The molecule has 0 aliphatic carbocycles. The highest BCUT2D eigenvalue weighted by atomic mass is 16.6. The van der Waals surface area contributed by atoms with Crippen molar-refractivity contribution in [3.05, 3.63) is 64.2 Å². The van der Waals surface area contributed by atoms with Crippen molar-refractivity contribution in [3.8, 4) is 5.75 Å². The molecule has 2 aromatic rings. The molecule has 2 rings (SSSR count). The Morgan fingerprint density at radius 3 is 2.44 bits per heavy atom. The van der Waals surface area contributed by atoms with Crippen LogP contribution in [0, 0.1) is 10.1 Å². The van der Waals surface area contributed by atoms with Gasteiger partial charge >= 0.3 is 0 Å². The number of hydrogen-bond donors (Lipinski definition) is 0. The number of rotatable bonds is 3. The minimum absolute atomic E-state index is 0.202. The lowest BCUT2D eigenvalue weighted by Crippen LogP contribution is -2.01. The maximum Gasteiger partial charge on any atom is 0.262 e. The second-order valence-electron chi connectivity index (χ2n) is 3.55. The second-order valence-corrected chi connectivity index (χ2v) is 3.55. The SMILES string of the molecule is O=[N+]([O-])c1cccc(C=Nc2ccccc2)c1[O-]. The molecular formula is C13H9N2O3-. The largest absolute Gasteiger partial charge is 0.867 e. The highest BCUT2D eigenvalue weighted by Gasteiger charge is 2.07. The first-order valence-corrected chi connectivity index (χ1v) is 5.22. The summed E-state index contributed by atoms with van der Waals surface area (Å²) in [6, 6.07) is 13.2. The smallest absolute Gasteiger partial charge is 0.262 e. The molecule has 0 atom stereocenters. The minimum atomic E-state index is -0.692. The third kappa shape index (κ3) is 2.52. The molecule has 0 spiro atoms. The van der Waals surface area contributed by atoms with E-state index in [1.165, 1.54) is 24.4 Å². The summed E-state index contributed by atoms with van der Waals surface area (Å²) in [4.78, 5) is 14.0. The molecule has 90 valence electrons. The van der Waals surface area contributed by atoms with Gasteiger partial charge in [-0.15, -0.1) is 0 Å². The fourth-order valence-corrected chi connectivity index (χ4v) is 1.45. The third-order valence-electron chi connectivity index (χ3n) is 2.33. The lowest BCUT2D eigenvalue weighted by molar-refractivity contribution is -0.398. The molecule has 0 bridgehead atoms. The lowest BCUT2D eigenvalue weighted by atomic mass is 10.2. The molecule has 0 amide bonds. The normalized spacial score (nSPS) is 10.7. The van der Waals surface area contributed by atoms with E-state index in [-0.39, 0.29) is 5.56 Å². The quantitative estimate of drug-likeness (QED) is 0.470.